The molecular formula is C13H13NO3. The number of ether oxygens (including phenoxy) is 1. The Morgan fingerprint density at radius 1 is 1.41 bits per heavy atom. The van der Waals surface area contributed by atoms with Crippen molar-refractivity contribution in [2.45, 2.75) is 18.3 Å². The second-order valence-electron chi connectivity index (χ2n) is 4.52. The summed E-state index contributed by atoms with van der Waals surface area (Å²) in [6, 6.07) is 7.62. The highest BCUT2D eigenvalue weighted by molar-refractivity contribution is 5.89. The van der Waals surface area contributed by atoms with Crippen LogP contribution >= 0.6 is 0 Å². The topological polar surface area (TPSA) is 62.3 Å². The van der Waals surface area contributed by atoms with Crippen LogP contribution in [0.2, 0.25) is 0 Å². The normalized spacial score (nSPS) is 17.0. The van der Waals surface area contributed by atoms with E-state index in [0.717, 1.165) is 22.3 Å². The fourth-order valence-corrected chi connectivity index (χ4v) is 2.21. The average molecular weight is 231 g/mol. The number of carbonyl (C=O) groups is 1. The highest BCUT2D eigenvalue weighted by Gasteiger charge is 2.52. The molecule has 0 unspecified atom stereocenters. The molecule has 0 bridgehead atoms. The number of methoxy groups -OCH3 is 1. The number of aromatic nitrogens is 1. The molecule has 0 saturated heterocycles. The number of nitrogens with one attached hydrogen (secondary N) is 1. The molecule has 2 N–H and O–H groups in total. The van der Waals surface area contributed by atoms with Gasteiger partial charge in [-0.2, -0.15) is 0 Å². The van der Waals surface area contributed by atoms with Gasteiger partial charge >= 0.3 is 5.97 Å². The maximum atomic E-state index is 11.2. The van der Waals surface area contributed by atoms with Crippen molar-refractivity contribution in [1.82, 2.24) is 4.98 Å². The number of carboxylic acid groups (broad SMARTS) is 1. The molecule has 1 saturated carbocycles. The van der Waals surface area contributed by atoms with E-state index in [-0.39, 0.29) is 0 Å². The molecule has 2 aromatic rings. The molecule has 1 heterocycles. The molecule has 1 fully saturated rings. The van der Waals surface area contributed by atoms with E-state index in [2.05, 4.69) is 4.98 Å². The van der Waals surface area contributed by atoms with E-state index in [1.54, 1.807) is 7.11 Å². The molecule has 0 radical (unpaired) electrons. The van der Waals surface area contributed by atoms with Crippen molar-refractivity contribution >= 4 is 16.9 Å². The number of H-pyrrole nitrogens is 1. The fourth-order valence-electron chi connectivity index (χ4n) is 2.21. The number of aliphatic carboxylic acids is 1. The van der Waals surface area contributed by atoms with Gasteiger partial charge in [0.25, 0.3) is 0 Å². The zero-order valence-electron chi connectivity index (χ0n) is 9.49. The Labute approximate surface area is 98.2 Å². The number of rotatable bonds is 3. The summed E-state index contributed by atoms with van der Waals surface area (Å²) in [5.74, 6) is 0.0297. The van der Waals surface area contributed by atoms with Crippen molar-refractivity contribution in [2.75, 3.05) is 7.11 Å². The largest absolute Gasteiger partial charge is 0.497 e. The van der Waals surface area contributed by atoms with Crippen molar-refractivity contribution in [1.29, 1.82) is 0 Å². The SMILES string of the molecule is COc1ccc2cc(C3(C(=O)O)CC3)[nH]c2c1. The third kappa shape index (κ3) is 1.40. The van der Waals surface area contributed by atoms with Gasteiger partial charge in [0.15, 0.2) is 0 Å². The third-order valence-corrected chi connectivity index (χ3v) is 3.50. The highest BCUT2D eigenvalue weighted by atomic mass is 16.5. The first-order valence-corrected chi connectivity index (χ1v) is 5.56. The lowest BCUT2D eigenvalue weighted by atomic mass is 10.0. The predicted octanol–water partition coefficient (Wildman–Crippen LogP) is 2.29. The van der Waals surface area contributed by atoms with E-state index in [0.29, 0.717) is 12.8 Å². The molecule has 3 rings (SSSR count). The molecule has 1 aliphatic carbocycles. The van der Waals surface area contributed by atoms with Gasteiger partial charge in [-0.15, -0.1) is 0 Å². The maximum Gasteiger partial charge on any atom is 0.315 e. The zero-order chi connectivity index (χ0) is 12.0. The summed E-state index contributed by atoms with van der Waals surface area (Å²) in [5, 5.41) is 10.3. The first kappa shape index (κ1) is 10.2. The van der Waals surface area contributed by atoms with Crippen LogP contribution in [-0.4, -0.2) is 23.2 Å². The van der Waals surface area contributed by atoms with E-state index in [4.69, 9.17) is 4.74 Å². The minimum atomic E-state index is -0.740. The minimum absolute atomic E-state index is 0.674. The van der Waals surface area contributed by atoms with Crippen LogP contribution in [0.25, 0.3) is 10.9 Å². The van der Waals surface area contributed by atoms with Crippen LogP contribution in [0.5, 0.6) is 5.75 Å². The number of hydrogen-bond acceptors (Lipinski definition) is 2. The van der Waals surface area contributed by atoms with Crippen molar-refractivity contribution < 1.29 is 14.6 Å². The molecule has 4 nitrogen and oxygen atoms in total. The van der Waals surface area contributed by atoms with E-state index in [9.17, 15) is 9.90 Å². The van der Waals surface area contributed by atoms with Gasteiger partial charge in [-0.1, -0.05) is 0 Å². The van der Waals surface area contributed by atoms with Gasteiger partial charge in [0, 0.05) is 17.3 Å². The van der Waals surface area contributed by atoms with Gasteiger partial charge in [0.05, 0.1) is 7.11 Å². The number of aromatic amines is 1. The van der Waals surface area contributed by atoms with Crippen LogP contribution in [0.3, 0.4) is 0 Å². The summed E-state index contributed by atoms with van der Waals surface area (Å²) in [7, 11) is 1.62. The summed E-state index contributed by atoms with van der Waals surface area (Å²) in [4.78, 5) is 14.4. The minimum Gasteiger partial charge on any atom is -0.497 e. The van der Waals surface area contributed by atoms with Crippen molar-refractivity contribution in [3.8, 4) is 5.75 Å². The Bertz CT molecular complexity index is 596. The standard InChI is InChI=1S/C13H13NO3/c1-17-9-3-2-8-6-11(14-10(8)7-9)13(4-5-13)12(15)16/h2-3,6-7,14H,4-5H2,1H3,(H,15,16). The molecule has 0 amide bonds. The smallest absolute Gasteiger partial charge is 0.315 e. The van der Waals surface area contributed by atoms with Crippen LogP contribution in [0, 0.1) is 0 Å². The Kier molecular flexibility index (Phi) is 1.96. The number of carboxylic acids is 1. The van der Waals surface area contributed by atoms with Crippen LogP contribution in [0.1, 0.15) is 18.5 Å². The van der Waals surface area contributed by atoms with Gasteiger partial charge in [0.1, 0.15) is 11.2 Å². The predicted molar refractivity (Wildman–Crippen MR) is 63.4 cm³/mol. The summed E-state index contributed by atoms with van der Waals surface area (Å²) in [6.45, 7) is 0. The maximum absolute atomic E-state index is 11.2. The van der Waals surface area contributed by atoms with Gasteiger partial charge in [0.2, 0.25) is 0 Å². The molecule has 4 heteroatoms. The molecule has 1 aromatic heterocycles. The number of hydrogen-bond donors (Lipinski definition) is 2. The second kappa shape index (κ2) is 3.26. The number of fused-ring (bicyclic) bond motifs is 1. The fraction of sp³-hybridized carbons (Fsp3) is 0.308. The highest BCUT2D eigenvalue weighted by Crippen LogP contribution is 2.48. The molecule has 0 atom stereocenters. The van der Waals surface area contributed by atoms with E-state index < -0.39 is 11.4 Å². The molecular weight excluding hydrogens is 218 g/mol. The Balaban J connectivity index is 2.11. The molecule has 88 valence electrons. The summed E-state index contributed by atoms with van der Waals surface area (Å²) < 4.78 is 5.14. The molecule has 17 heavy (non-hydrogen) atoms. The molecule has 1 aromatic carbocycles. The first-order chi connectivity index (χ1) is 8.15. The lowest BCUT2D eigenvalue weighted by Gasteiger charge is -2.05. The van der Waals surface area contributed by atoms with Crippen LogP contribution < -0.4 is 4.74 Å². The lowest BCUT2D eigenvalue weighted by Crippen LogP contribution is -2.19. The molecule has 0 spiro atoms. The van der Waals surface area contributed by atoms with E-state index in [1.807, 2.05) is 24.3 Å². The summed E-state index contributed by atoms with van der Waals surface area (Å²) >= 11 is 0. The third-order valence-electron chi connectivity index (χ3n) is 3.50. The van der Waals surface area contributed by atoms with Crippen LogP contribution in [0.15, 0.2) is 24.3 Å². The average Bonchev–Trinajstić information content (AvgIpc) is 3.03. The Morgan fingerprint density at radius 3 is 2.76 bits per heavy atom. The van der Waals surface area contributed by atoms with Crippen molar-refractivity contribution in [3.05, 3.63) is 30.0 Å². The molecule has 1 aliphatic rings. The first-order valence-electron chi connectivity index (χ1n) is 5.56. The Hall–Kier alpha value is -1.97. The van der Waals surface area contributed by atoms with E-state index in [1.165, 1.54) is 0 Å². The number of benzene rings is 1. The quantitative estimate of drug-likeness (QED) is 0.851. The Morgan fingerprint density at radius 2 is 2.18 bits per heavy atom. The van der Waals surface area contributed by atoms with Crippen molar-refractivity contribution in [2.24, 2.45) is 0 Å². The van der Waals surface area contributed by atoms with Crippen molar-refractivity contribution in [3.63, 3.8) is 0 Å². The van der Waals surface area contributed by atoms with E-state index >= 15 is 0 Å². The monoisotopic (exact) mass is 231 g/mol. The van der Waals surface area contributed by atoms with Gasteiger partial charge in [-0.05, 0) is 36.4 Å². The second-order valence-corrected chi connectivity index (χ2v) is 4.52. The van der Waals surface area contributed by atoms with Crippen LogP contribution in [0.4, 0.5) is 0 Å². The van der Waals surface area contributed by atoms with Crippen LogP contribution in [-0.2, 0) is 10.2 Å². The lowest BCUT2D eigenvalue weighted by molar-refractivity contribution is -0.140. The zero-order valence-corrected chi connectivity index (χ0v) is 9.49. The molecule has 0 aliphatic heterocycles. The van der Waals surface area contributed by atoms with Gasteiger partial charge in [-0.25, -0.2) is 0 Å². The van der Waals surface area contributed by atoms with Gasteiger partial charge < -0.3 is 14.8 Å². The van der Waals surface area contributed by atoms with Gasteiger partial charge in [-0.3, -0.25) is 4.79 Å². The summed E-state index contributed by atoms with van der Waals surface area (Å²) in [6.07, 6.45) is 1.43. The summed E-state index contributed by atoms with van der Waals surface area (Å²) in [5.41, 5.74) is 1.05.